The molecule has 1 aliphatic rings. The van der Waals surface area contributed by atoms with E-state index in [1.807, 2.05) is 26.0 Å². The van der Waals surface area contributed by atoms with E-state index in [2.05, 4.69) is 10.6 Å². The Labute approximate surface area is 137 Å². The minimum Gasteiger partial charge on any atom is -0.469 e. The maximum absolute atomic E-state index is 12.3. The Morgan fingerprint density at radius 2 is 2.00 bits per heavy atom. The van der Waals surface area contributed by atoms with Gasteiger partial charge in [0.1, 0.15) is 11.4 Å². The Kier molecular flexibility index (Phi) is 4.73. The summed E-state index contributed by atoms with van der Waals surface area (Å²) >= 11 is 0. The molecule has 2 atom stereocenters. The highest BCUT2D eigenvalue weighted by molar-refractivity contribution is 5.83. The third-order valence-corrected chi connectivity index (χ3v) is 3.57. The lowest BCUT2D eigenvalue weighted by Crippen LogP contribution is -2.52. The molecule has 1 aliphatic carbocycles. The molecule has 1 aromatic rings. The summed E-state index contributed by atoms with van der Waals surface area (Å²) < 4.78 is 10.5. The van der Waals surface area contributed by atoms with E-state index in [1.165, 1.54) is 0 Å². The zero-order valence-electron chi connectivity index (χ0n) is 14.4. The topological polar surface area (TPSA) is 80.6 Å². The van der Waals surface area contributed by atoms with Crippen LogP contribution in [0.15, 0.2) is 22.8 Å². The molecule has 0 spiro atoms. The lowest BCUT2D eigenvalue weighted by atomic mass is 10.1. The van der Waals surface area contributed by atoms with Gasteiger partial charge in [-0.25, -0.2) is 4.79 Å². The minimum absolute atomic E-state index is 0.0117. The summed E-state index contributed by atoms with van der Waals surface area (Å²) in [4.78, 5) is 24.0. The van der Waals surface area contributed by atoms with Crippen LogP contribution < -0.4 is 10.6 Å². The summed E-state index contributed by atoms with van der Waals surface area (Å²) in [5.74, 6) is 0.957. The number of ether oxygens (including phenoxy) is 1. The Balaban J connectivity index is 1.77. The van der Waals surface area contributed by atoms with E-state index in [0.29, 0.717) is 6.54 Å². The van der Waals surface area contributed by atoms with Crippen LogP contribution >= 0.6 is 0 Å². The quantitative estimate of drug-likeness (QED) is 0.873. The average Bonchev–Trinajstić information content (AvgIpc) is 3.01. The van der Waals surface area contributed by atoms with Crippen molar-refractivity contribution >= 4 is 12.0 Å². The monoisotopic (exact) mass is 322 g/mol. The second-order valence-electron chi connectivity index (χ2n) is 7.69. The molecule has 1 fully saturated rings. The van der Waals surface area contributed by atoms with Gasteiger partial charge in [0.25, 0.3) is 0 Å². The van der Waals surface area contributed by atoms with E-state index in [4.69, 9.17) is 9.15 Å². The fourth-order valence-corrected chi connectivity index (χ4v) is 2.38. The zero-order chi connectivity index (χ0) is 17.3. The van der Waals surface area contributed by atoms with E-state index in [9.17, 15) is 9.59 Å². The highest BCUT2D eigenvalue weighted by Crippen LogP contribution is 2.47. The van der Waals surface area contributed by atoms with Crippen LogP contribution in [0.3, 0.4) is 0 Å². The lowest BCUT2D eigenvalue weighted by molar-refractivity contribution is -0.124. The van der Waals surface area contributed by atoms with Crippen LogP contribution in [-0.4, -0.2) is 29.7 Å². The van der Waals surface area contributed by atoms with E-state index < -0.39 is 17.2 Å². The third kappa shape index (κ3) is 5.30. The Hall–Kier alpha value is -1.98. The van der Waals surface area contributed by atoms with Crippen molar-refractivity contribution in [3.8, 4) is 0 Å². The maximum Gasteiger partial charge on any atom is 0.407 e. The van der Waals surface area contributed by atoms with Crippen LogP contribution in [0, 0.1) is 5.92 Å². The van der Waals surface area contributed by atoms with Gasteiger partial charge in [0.2, 0.25) is 5.91 Å². The van der Waals surface area contributed by atoms with Gasteiger partial charge in [-0.05, 0) is 53.2 Å². The van der Waals surface area contributed by atoms with Crippen molar-refractivity contribution < 1.29 is 18.7 Å². The number of hydrogen-bond donors (Lipinski definition) is 2. The van der Waals surface area contributed by atoms with Crippen LogP contribution in [0.2, 0.25) is 0 Å². The molecule has 2 unspecified atom stereocenters. The highest BCUT2D eigenvalue weighted by Gasteiger charge is 2.46. The smallest absolute Gasteiger partial charge is 0.407 e. The van der Waals surface area contributed by atoms with Crippen LogP contribution in [-0.2, 0) is 9.53 Å². The molecular formula is C17H26N2O4. The molecule has 2 amide bonds. The standard InChI is InChI=1S/C17H26N2O4/c1-16(2,3)23-15(21)18-10-17(4,5)19-14(20)12-9-11(12)13-7-6-8-22-13/h6-8,11-12H,9-10H2,1-5H3,(H,18,21)(H,19,20). The van der Waals surface area contributed by atoms with Gasteiger partial charge in [-0.2, -0.15) is 0 Å². The minimum atomic E-state index is -0.551. The molecule has 6 heteroatoms. The summed E-state index contributed by atoms with van der Waals surface area (Å²) in [5, 5.41) is 5.67. The van der Waals surface area contributed by atoms with Gasteiger partial charge in [0, 0.05) is 18.4 Å². The number of carbonyl (C=O) groups is 2. The van der Waals surface area contributed by atoms with Crippen molar-refractivity contribution in [2.24, 2.45) is 5.92 Å². The molecule has 23 heavy (non-hydrogen) atoms. The second-order valence-corrected chi connectivity index (χ2v) is 7.69. The first-order chi connectivity index (χ1) is 10.6. The number of carbonyl (C=O) groups excluding carboxylic acids is 2. The fraction of sp³-hybridized carbons (Fsp3) is 0.647. The van der Waals surface area contributed by atoms with Crippen molar-refractivity contribution in [3.63, 3.8) is 0 Å². The van der Waals surface area contributed by atoms with Gasteiger partial charge < -0.3 is 19.8 Å². The van der Waals surface area contributed by atoms with Crippen LogP contribution in [0.5, 0.6) is 0 Å². The van der Waals surface area contributed by atoms with Gasteiger partial charge in [-0.1, -0.05) is 0 Å². The first-order valence-electron chi connectivity index (χ1n) is 7.90. The molecule has 128 valence electrons. The first-order valence-corrected chi connectivity index (χ1v) is 7.90. The molecule has 6 nitrogen and oxygen atoms in total. The molecule has 1 aromatic heterocycles. The van der Waals surface area contributed by atoms with E-state index in [0.717, 1.165) is 12.2 Å². The van der Waals surface area contributed by atoms with Crippen molar-refractivity contribution in [3.05, 3.63) is 24.2 Å². The number of alkyl carbamates (subject to hydrolysis) is 1. The Morgan fingerprint density at radius 1 is 1.30 bits per heavy atom. The first kappa shape index (κ1) is 17.4. The Morgan fingerprint density at radius 3 is 2.57 bits per heavy atom. The van der Waals surface area contributed by atoms with Crippen LogP contribution in [0.4, 0.5) is 4.79 Å². The Bertz CT molecular complexity index is 558. The van der Waals surface area contributed by atoms with Crippen molar-refractivity contribution in [1.29, 1.82) is 0 Å². The molecule has 2 N–H and O–H groups in total. The van der Waals surface area contributed by atoms with Crippen LogP contribution in [0.1, 0.15) is 52.7 Å². The van der Waals surface area contributed by atoms with Gasteiger partial charge in [0.15, 0.2) is 0 Å². The molecule has 0 bridgehead atoms. The molecule has 0 aromatic carbocycles. The fourth-order valence-electron chi connectivity index (χ4n) is 2.38. The number of amides is 2. The SMILES string of the molecule is CC(C)(CNC(=O)OC(C)(C)C)NC(=O)C1CC1c1ccco1. The summed E-state index contributed by atoms with van der Waals surface area (Å²) in [6, 6.07) is 3.73. The second kappa shape index (κ2) is 6.26. The van der Waals surface area contributed by atoms with E-state index in [-0.39, 0.29) is 17.7 Å². The summed E-state index contributed by atoms with van der Waals surface area (Å²) in [6.07, 6.45) is 1.94. The molecule has 2 rings (SSSR count). The molecule has 1 heterocycles. The van der Waals surface area contributed by atoms with Crippen molar-refractivity contribution in [2.75, 3.05) is 6.54 Å². The van der Waals surface area contributed by atoms with Gasteiger partial charge >= 0.3 is 6.09 Å². The average molecular weight is 322 g/mol. The largest absolute Gasteiger partial charge is 0.469 e. The zero-order valence-corrected chi connectivity index (χ0v) is 14.4. The molecular weight excluding hydrogens is 296 g/mol. The van der Waals surface area contributed by atoms with Gasteiger partial charge in [-0.3, -0.25) is 4.79 Å². The van der Waals surface area contributed by atoms with E-state index in [1.54, 1.807) is 27.0 Å². The van der Waals surface area contributed by atoms with Gasteiger partial charge in [0.05, 0.1) is 11.8 Å². The predicted molar refractivity (Wildman–Crippen MR) is 86.0 cm³/mol. The third-order valence-electron chi connectivity index (χ3n) is 3.57. The van der Waals surface area contributed by atoms with Crippen molar-refractivity contribution in [1.82, 2.24) is 10.6 Å². The summed E-state index contributed by atoms with van der Waals surface area (Å²) in [7, 11) is 0. The number of hydrogen-bond acceptors (Lipinski definition) is 4. The van der Waals surface area contributed by atoms with Gasteiger partial charge in [-0.15, -0.1) is 0 Å². The number of furan rings is 1. The summed E-state index contributed by atoms with van der Waals surface area (Å²) in [5.41, 5.74) is -1.09. The number of nitrogens with one attached hydrogen (secondary N) is 2. The highest BCUT2D eigenvalue weighted by atomic mass is 16.6. The summed E-state index contributed by atoms with van der Waals surface area (Å²) in [6.45, 7) is 9.45. The van der Waals surface area contributed by atoms with Crippen molar-refractivity contribution in [2.45, 2.75) is 58.1 Å². The lowest BCUT2D eigenvalue weighted by Gasteiger charge is -2.28. The normalized spacial score (nSPS) is 20.7. The van der Waals surface area contributed by atoms with E-state index >= 15 is 0 Å². The maximum atomic E-state index is 12.3. The molecule has 0 radical (unpaired) electrons. The predicted octanol–water partition coefficient (Wildman–Crippen LogP) is 2.80. The number of rotatable bonds is 5. The molecule has 0 aliphatic heterocycles. The molecule has 0 saturated heterocycles. The molecule has 1 saturated carbocycles. The van der Waals surface area contributed by atoms with Crippen LogP contribution in [0.25, 0.3) is 0 Å².